The van der Waals surface area contributed by atoms with Crippen molar-refractivity contribution in [2.75, 3.05) is 0 Å². The minimum Gasteiger partial charge on any atom is -0.482 e. The number of para-hydroxylation sites is 1. The maximum absolute atomic E-state index is 11.6. The summed E-state index contributed by atoms with van der Waals surface area (Å²) in [5.74, 6) is 0.418. The molecule has 0 unspecified atom stereocenters. The number of esters is 1. The third-order valence-corrected chi connectivity index (χ3v) is 3.55. The van der Waals surface area contributed by atoms with Crippen molar-refractivity contribution in [3.8, 4) is 5.75 Å². The first-order valence-electron chi connectivity index (χ1n) is 6.90. The number of carbonyl (C=O) groups is 1. The van der Waals surface area contributed by atoms with Gasteiger partial charge in [-0.25, -0.2) is 4.79 Å². The summed E-state index contributed by atoms with van der Waals surface area (Å²) < 4.78 is 11.5. The second-order valence-electron chi connectivity index (χ2n) is 4.94. The summed E-state index contributed by atoms with van der Waals surface area (Å²) in [7, 11) is 0. The van der Waals surface area contributed by atoms with Gasteiger partial charge in [-0.3, -0.25) is 0 Å². The number of fused-ring (bicyclic) bond motifs is 1. The number of ether oxygens (including phenoxy) is 2. The fraction of sp³-hybridized carbons (Fsp3) is 0.167. The lowest BCUT2D eigenvalue weighted by molar-refractivity contribution is -0.149. The summed E-state index contributed by atoms with van der Waals surface area (Å²) >= 11 is 0. The molecule has 0 radical (unpaired) electrons. The van der Waals surface area contributed by atoms with Crippen LogP contribution in [0.25, 0.3) is 0 Å². The summed E-state index contributed by atoms with van der Waals surface area (Å²) in [5.41, 5.74) is 2.04. The summed E-state index contributed by atoms with van der Waals surface area (Å²) in [6, 6.07) is 17.6. The maximum Gasteiger partial charge on any atom is 0.330 e. The van der Waals surface area contributed by atoms with Crippen LogP contribution in [0.5, 0.6) is 5.75 Å². The molecule has 2 atom stereocenters. The molecule has 1 heterocycles. The van der Waals surface area contributed by atoms with E-state index in [9.17, 15) is 4.79 Å². The van der Waals surface area contributed by atoms with Gasteiger partial charge in [0.2, 0.25) is 0 Å². The zero-order chi connectivity index (χ0) is 14.7. The largest absolute Gasteiger partial charge is 0.482 e. The van der Waals surface area contributed by atoms with Crippen LogP contribution in [0.2, 0.25) is 0 Å². The van der Waals surface area contributed by atoms with Gasteiger partial charge in [-0.2, -0.15) is 0 Å². The number of rotatable bonds is 3. The molecular weight excluding hydrogens is 264 g/mol. The molecule has 0 aliphatic carbocycles. The number of hydrogen-bond acceptors (Lipinski definition) is 3. The molecule has 0 bridgehead atoms. The van der Waals surface area contributed by atoms with E-state index in [0.29, 0.717) is 6.42 Å². The van der Waals surface area contributed by atoms with E-state index >= 15 is 0 Å². The van der Waals surface area contributed by atoms with Gasteiger partial charge in [-0.15, -0.1) is 0 Å². The topological polar surface area (TPSA) is 35.5 Å². The van der Waals surface area contributed by atoms with Crippen molar-refractivity contribution in [2.45, 2.75) is 18.6 Å². The van der Waals surface area contributed by atoms with Gasteiger partial charge in [0.1, 0.15) is 11.9 Å². The van der Waals surface area contributed by atoms with Crippen molar-refractivity contribution in [3.63, 3.8) is 0 Å². The van der Waals surface area contributed by atoms with E-state index in [1.807, 2.05) is 54.6 Å². The van der Waals surface area contributed by atoms with Crippen molar-refractivity contribution < 1.29 is 14.3 Å². The summed E-state index contributed by atoms with van der Waals surface area (Å²) in [6.07, 6.45) is 1.16. The molecule has 21 heavy (non-hydrogen) atoms. The molecule has 2 aromatic rings. The predicted molar refractivity (Wildman–Crippen MR) is 80.0 cm³/mol. The lowest BCUT2D eigenvalue weighted by atomic mass is 9.94. The summed E-state index contributed by atoms with van der Waals surface area (Å²) in [5, 5.41) is 0. The molecule has 0 saturated heterocycles. The SMILES string of the molecule is C=CC(=O)O[C@@H]1Cc2ccccc2O[C@H]1c1ccccc1. The minimum absolute atomic E-state index is 0.301. The Labute approximate surface area is 123 Å². The molecule has 0 aromatic heterocycles. The standard InChI is InChI=1S/C18H16O3/c1-2-17(19)20-16-12-14-10-6-7-11-15(14)21-18(16)13-8-4-3-5-9-13/h2-11,16,18H,1,12H2/t16-,18+/m1/s1. The molecule has 0 amide bonds. The van der Waals surface area contributed by atoms with E-state index in [2.05, 4.69) is 6.58 Å². The van der Waals surface area contributed by atoms with Gasteiger partial charge in [0.15, 0.2) is 6.10 Å². The Balaban J connectivity index is 1.94. The Bertz CT molecular complexity index is 649. The first kappa shape index (κ1) is 13.4. The van der Waals surface area contributed by atoms with Crippen LogP contribution in [0.1, 0.15) is 17.2 Å². The van der Waals surface area contributed by atoms with Gasteiger partial charge >= 0.3 is 5.97 Å². The second-order valence-corrected chi connectivity index (χ2v) is 4.94. The fourth-order valence-corrected chi connectivity index (χ4v) is 2.55. The molecule has 3 heteroatoms. The highest BCUT2D eigenvalue weighted by molar-refractivity contribution is 5.81. The maximum atomic E-state index is 11.6. The molecule has 2 aromatic carbocycles. The highest BCUT2D eigenvalue weighted by Crippen LogP contribution is 2.36. The van der Waals surface area contributed by atoms with Crippen LogP contribution >= 0.6 is 0 Å². The highest BCUT2D eigenvalue weighted by Gasteiger charge is 2.33. The first-order chi connectivity index (χ1) is 10.3. The van der Waals surface area contributed by atoms with Gasteiger partial charge in [-0.1, -0.05) is 55.1 Å². The average Bonchev–Trinajstić information content (AvgIpc) is 2.55. The quantitative estimate of drug-likeness (QED) is 0.638. The number of carbonyl (C=O) groups excluding carboxylic acids is 1. The lowest BCUT2D eigenvalue weighted by Gasteiger charge is -2.33. The van der Waals surface area contributed by atoms with Crippen LogP contribution in [0.15, 0.2) is 67.3 Å². The van der Waals surface area contributed by atoms with Crippen LogP contribution in [-0.4, -0.2) is 12.1 Å². The van der Waals surface area contributed by atoms with E-state index < -0.39 is 5.97 Å². The normalized spacial score (nSPS) is 20.0. The zero-order valence-electron chi connectivity index (χ0n) is 11.6. The molecule has 1 aliphatic heterocycles. The van der Waals surface area contributed by atoms with E-state index in [0.717, 1.165) is 16.9 Å². The highest BCUT2D eigenvalue weighted by atomic mass is 16.6. The fourth-order valence-electron chi connectivity index (χ4n) is 2.55. The van der Waals surface area contributed by atoms with Crippen molar-refractivity contribution in [1.82, 2.24) is 0 Å². The molecule has 3 nitrogen and oxygen atoms in total. The van der Waals surface area contributed by atoms with Crippen LogP contribution in [0.4, 0.5) is 0 Å². The lowest BCUT2D eigenvalue weighted by Crippen LogP contribution is -2.34. The van der Waals surface area contributed by atoms with Crippen LogP contribution in [0.3, 0.4) is 0 Å². The molecule has 0 fully saturated rings. The Hall–Kier alpha value is -2.55. The Morgan fingerprint density at radius 3 is 2.62 bits per heavy atom. The van der Waals surface area contributed by atoms with Crippen molar-refractivity contribution in [1.29, 1.82) is 0 Å². The molecule has 0 spiro atoms. The number of benzene rings is 2. The molecule has 106 valence electrons. The minimum atomic E-state index is -0.427. The van der Waals surface area contributed by atoms with Gasteiger partial charge in [0.25, 0.3) is 0 Å². The van der Waals surface area contributed by atoms with Crippen LogP contribution in [0, 0.1) is 0 Å². The van der Waals surface area contributed by atoms with Crippen molar-refractivity contribution >= 4 is 5.97 Å². The zero-order valence-corrected chi connectivity index (χ0v) is 11.6. The molecule has 3 rings (SSSR count). The smallest absolute Gasteiger partial charge is 0.330 e. The molecule has 0 N–H and O–H groups in total. The van der Waals surface area contributed by atoms with Gasteiger partial charge in [0.05, 0.1) is 0 Å². The third-order valence-electron chi connectivity index (χ3n) is 3.55. The molecule has 0 saturated carbocycles. The monoisotopic (exact) mass is 280 g/mol. The Kier molecular flexibility index (Phi) is 3.73. The van der Waals surface area contributed by atoms with E-state index in [1.165, 1.54) is 6.08 Å². The molecular formula is C18H16O3. The second kappa shape index (κ2) is 5.83. The van der Waals surface area contributed by atoms with Crippen molar-refractivity contribution in [2.24, 2.45) is 0 Å². The van der Waals surface area contributed by atoms with Gasteiger partial charge in [0, 0.05) is 12.5 Å². The van der Waals surface area contributed by atoms with Crippen LogP contribution < -0.4 is 4.74 Å². The van der Waals surface area contributed by atoms with Gasteiger partial charge < -0.3 is 9.47 Å². The summed E-state index contributed by atoms with van der Waals surface area (Å²) in [6.45, 7) is 3.45. The van der Waals surface area contributed by atoms with Gasteiger partial charge in [-0.05, 0) is 17.2 Å². The first-order valence-corrected chi connectivity index (χ1v) is 6.90. The third kappa shape index (κ3) is 2.82. The Morgan fingerprint density at radius 1 is 1.14 bits per heavy atom. The van der Waals surface area contributed by atoms with Crippen LogP contribution in [-0.2, 0) is 16.0 Å². The van der Waals surface area contributed by atoms with Crippen molar-refractivity contribution in [3.05, 3.63) is 78.4 Å². The van der Waals surface area contributed by atoms with E-state index in [4.69, 9.17) is 9.47 Å². The predicted octanol–water partition coefficient (Wildman–Crippen LogP) is 3.46. The average molecular weight is 280 g/mol. The Morgan fingerprint density at radius 2 is 1.86 bits per heavy atom. The summed E-state index contributed by atoms with van der Waals surface area (Å²) in [4.78, 5) is 11.6. The van der Waals surface area contributed by atoms with E-state index in [1.54, 1.807) is 0 Å². The molecule has 1 aliphatic rings. The number of hydrogen-bond donors (Lipinski definition) is 0. The van der Waals surface area contributed by atoms with E-state index in [-0.39, 0.29) is 12.2 Å².